The Morgan fingerprint density at radius 1 is 1.33 bits per heavy atom. The molecule has 0 aliphatic heterocycles. The van der Waals surface area contributed by atoms with Crippen LogP contribution in [0.4, 0.5) is 0 Å². The lowest BCUT2D eigenvalue weighted by molar-refractivity contribution is 0.750. The van der Waals surface area contributed by atoms with Crippen LogP contribution in [-0.2, 0) is 6.54 Å². The van der Waals surface area contributed by atoms with E-state index in [0.717, 1.165) is 12.5 Å². The Bertz CT molecular complexity index is 307. The van der Waals surface area contributed by atoms with E-state index in [4.69, 9.17) is 0 Å². The van der Waals surface area contributed by atoms with Crippen LogP contribution in [0.2, 0.25) is 0 Å². The lowest BCUT2D eigenvalue weighted by Crippen LogP contribution is -2.06. The van der Waals surface area contributed by atoms with E-state index in [1.807, 2.05) is 18.8 Å². The van der Waals surface area contributed by atoms with Gasteiger partial charge in [-0.25, -0.2) is 0 Å². The third-order valence-electron chi connectivity index (χ3n) is 2.26. The number of nitrogens with one attached hydrogen (secondary N) is 1. The molecule has 0 bridgehead atoms. The number of aryl methyl sites for hydroxylation is 1. The van der Waals surface area contributed by atoms with E-state index in [1.165, 1.54) is 21.8 Å². The maximum atomic E-state index is 3.19. The van der Waals surface area contributed by atoms with Gasteiger partial charge >= 0.3 is 0 Å². The second-order valence-corrected chi connectivity index (χ2v) is 5.42. The number of hydrogen-bond acceptors (Lipinski definition) is 2. The van der Waals surface area contributed by atoms with E-state index < -0.39 is 0 Å². The van der Waals surface area contributed by atoms with E-state index in [9.17, 15) is 0 Å². The van der Waals surface area contributed by atoms with E-state index >= 15 is 0 Å². The quantitative estimate of drug-likeness (QED) is 0.767. The molecule has 0 radical (unpaired) electrons. The molecule has 0 heterocycles. The zero-order valence-corrected chi connectivity index (χ0v) is 10.9. The number of hydrogen-bond donors (Lipinski definition) is 1. The van der Waals surface area contributed by atoms with Gasteiger partial charge in [-0.1, -0.05) is 19.9 Å². The molecule has 0 aliphatic carbocycles. The number of benzene rings is 1. The van der Waals surface area contributed by atoms with E-state index in [2.05, 4.69) is 44.3 Å². The topological polar surface area (TPSA) is 12.0 Å². The summed E-state index contributed by atoms with van der Waals surface area (Å²) in [6.07, 6.45) is 0. The fraction of sp³-hybridized carbons (Fsp3) is 0.538. The van der Waals surface area contributed by atoms with Crippen molar-refractivity contribution in [3.63, 3.8) is 0 Å². The third-order valence-corrected chi connectivity index (χ3v) is 3.69. The Hall–Kier alpha value is -0.470. The molecule has 0 saturated carbocycles. The van der Waals surface area contributed by atoms with Crippen molar-refractivity contribution >= 4 is 11.8 Å². The summed E-state index contributed by atoms with van der Waals surface area (Å²) in [5.74, 6) is 1.96. The van der Waals surface area contributed by atoms with Crippen LogP contribution in [0.3, 0.4) is 0 Å². The van der Waals surface area contributed by atoms with Crippen molar-refractivity contribution in [3.05, 3.63) is 29.3 Å². The van der Waals surface area contributed by atoms with Gasteiger partial charge in [0, 0.05) is 17.2 Å². The lowest BCUT2D eigenvalue weighted by Gasteiger charge is -2.09. The first-order valence-corrected chi connectivity index (χ1v) is 6.49. The molecule has 0 fully saturated rings. The van der Waals surface area contributed by atoms with Gasteiger partial charge in [-0.05, 0) is 43.1 Å². The third kappa shape index (κ3) is 4.27. The van der Waals surface area contributed by atoms with E-state index in [1.54, 1.807) is 0 Å². The highest BCUT2D eigenvalue weighted by atomic mass is 32.2. The standard InChI is InChI=1S/C13H21NS/c1-10(2)9-15-13-6-5-12(8-14-4)11(3)7-13/h5-7,10,14H,8-9H2,1-4H3. The zero-order chi connectivity index (χ0) is 11.3. The molecule has 0 spiro atoms. The van der Waals surface area contributed by atoms with Crippen molar-refractivity contribution in [2.75, 3.05) is 12.8 Å². The maximum absolute atomic E-state index is 3.19. The largest absolute Gasteiger partial charge is 0.316 e. The van der Waals surface area contributed by atoms with Gasteiger partial charge in [-0.3, -0.25) is 0 Å². The minimum absolute atomic E-state index is 0.757. The van der Waals surface area contributed by atoms with Crippen LogP contribution in [-0.4, -0.2) is 12.8 Å². The van der Waals surface area contributed by atoms with Crippen molar-refractivity contribution in [1.29, 1.82) is 0 Å². The summed E-state index contributed by atoms with van der Waals surface area (Å²) in [6, 6.07) is 6.75. The molecule has 0 aliphatic rings. The number of thioether (sulfide) groups is 1. The average molecular weight is 223 g/mol. The van der Waals surface area contributed by atoms with Gasteiger partial charge in [0.05, 0.1) is 0 Å². The van der Waals surface area contributed by atoms with Crippen molar-refractivity contribution in [2.45, 2.75) is 32.2 Å². The SMILES string of the molecule is CNCc1ccc(SCC(C)C)cc1C. The number of rotatable bonds is 5. The first-order valence-electron chi connectivity index (χ1n) is 5.50. The summed E-state index contributed by atoms with van der Waals surface area (Å²) in [7, 11) is 1.99. The van der Waals surface area contributed by atoms with Crippen LogP contribution in [0.25, 0.3) is 0 Å². The van der Waals surface area contributed by atoms with Crippen LogP contribution >= 0.6 is 11.8 Å². The molecule has 1 aromatic rings. The Kier molecular flexibility index (Phi) is 5.20. The summed E-state index contributed by atoms with van der Waals surface area (Å²) in [5.41, 5.74) is 2.78. The van der Waals surface area contributed by atoms with Crippen LogP contribution < -0.4 is 5.32 Å². The summed E-state index contributed by atoms with van der Waals surface area (Å²) in [5, 5.41) is 3.19. The predicted molar refractivity (Wildman–Crippen MR) is 69.5 cm³/mol. The average Bonchev–Trinajstić information content (AvgIpc) is 2.19. The normalized spacial score (nSPS) is 11.0. The van der Waals surface area contributed by atoms with Crippen molar-refractivity contribution in [2.24, 2.45) is 5.92 Å². The summed E-state index contributed by atoms with van der Waals surface area (Å²) in [6.45, 7) is 7.66. The molecular weight excluding hydrogens is 202 g/mol. The Morgan fingerprint density at radius 2 is 2.07 bits per heavy atom. The molecule has 84 valence electrons. The predicted octanol–water partition coefficient (Wildman–Crippen LogP) is 3.46. The minimum atomic E-state index is 0.757. The molecule has 0 amide bonds. The highest BCUT2D eigenvalue weighted by Gasteiger charge is 2.01. The molecule has 1 nitrogen and oxygen atoms in total. The van der Waals surface area contributed by atoms with Gasteiger partial charge in [-0.2, -0.15) is 0 Å². The van der Waals surface area contributed by atoms with Gasteiger partial charge in [0.1, 0.15) is 0 Å². The molecule has 0 saturated heterocycles. The molecule has 1 N–H and O–H groups in total. The second kappa shape index (κ2) is 6.19. The Balaban J connectivity index is 2.64. The first kappa shape index (κ1) is 12.6. The minimum Gasteiger partial charge on any atom is -0.316 e. The van der Waals surface area contributed by atoms with Crippen molar-refractivity contribution < 1.29 is 0 Å². The monoisotopic (exact) mass is 223 g/mol. The summed E-state index contributed by atoms with van der Waals surface area (Å²) >= 11 is 1.95. The van der Waals surface area contributed by atoms with Gasteiger partial charge in [0.2, 0.25) is 0 Å². The molecule has 15 heavy (non-hydrogen) atoms. The molecule has 1 aromatic carbocycles. The van der Waals surface area contributed by atoms with Crippen LogP contribution in [0.5, 0.6) is 0 Å². The highest BCUT2D eigenvalue weighted by Crippen LogP contribution is 2.23. The van der Waals surface area contributed by atoms with Crippen LogP contribution in [0.1, 0.15) is 25.0 Å². The molecule has 1 rings (SSSR count). The Morgan fingerprint density at radius 3 is 2.60 bits per heavy atom. The fourth-order valence-electron chi connectivity index (χ4n) is 1.41. The Labute approximate surface area is 97.7 Å². The summed E-state index contributed by atoms with van der Waals surface area (Å²) in [4.78, 5) is 1.39. The molecule has 0 unspecified atom stereocenters. The molecule has 0 atom stereocenters. The van der Waals surface area contributed by atoms with Crippen molar-refractivity contribution in [1.82, 2.24) is 5.32 Å². The van der Waals surface area contributed by atoms with Crippen LogP contribution in [0.15, 0.2) is 23.1 Å². The lowest BCUT2D eigenvalue weighted by atomic mass is 10.1. The van der Waals surface area contributed by atoms with Gasteiger partial charge in [-0.15, -0.1) is 11.8 Å². The molecule has 0 aromatic heterocycles. The van der Waals surface area contributed by atoms with Gasteiger partial charge < -0.3 is 5.32 Å². The molecular formula is C13H21NS. The van der Waals surface area contributed by atoms with Gasteiger partial charge in [0.15, 0.2) is 0 Å². The first-order chi connectivity index (χ1) is 7.13. The van der Waals surface area contributed by atoms with Gasteiger partial charge in [0.25, 0.3) is 0 Å². The fourth-order valence-corrected chi connectivity index (χ4v) is 2.36. The van der Waals surface area contributed by atoms with Crippen molar-refractivity contribution in [3.8, 4) is 0 Å². The second-order valence-electron chi connectivity index (χ2n) is 4.32. The smallest absolute Gasteiger partial charge is 0.0205 e. The van der Waals surface area contributed by atoms with E-state index in [-0.39, 0.29) is 0 Å². The zero-order valence-electron chi connectivity index (χ0n) is 10.1. The van der Waals surface area contributed by atoms with E-state index in [0.29, 0.717) is 0 Å². The summed E-state index contributed by atoms with van der Waals surface area (Å²) < 4.78 is 0. The van der Waals surface area contributed by atoms with Crippen LogP contribution in [0, 0.1) is 12.8 Å². The highest BCUT2D eigenvalue weighted by molar-refractivity contribution is 7.99. The maximum Gasteiger partial charge on any atom is 0.0205 e. The molecule has 2 heteroatoms.